The van der Waals surface area contributed by atoms with E-state index in [1.807, 2.05) is 43.3 Å². The van der Waals surface area contributed by atoms with Crippen LogP contribution in [0.5, 0.6) is 17.2 Å². The van der Waals surface area contributed by atoms with Gasteiger partial charge < -0.3 is 9.47 Å². The standard InChI is InChI=1S/C22H18O2/c1-2-23-19-10-12-20(13-11-19)24-22-9-5-8-18-14-16-6-3-4-7-17(16)15-21(18)22/h3-15H,2H2,1H3. The van der Waals surface area contributed by atoms with Crippen molar-refractivity contribution in [1.29, 1.82) is 0 Å². The summed E-state index contributed by atoms with van der Waals surface area (Å²) in [6.07, 6.45) is 0. The number of benzene rings is 4. The lowest BCUT2D eigenvalue weighted by atomic mass is 10.0. The molecular weight excluding hydrogens is 296 g/mol. The molecule has 0 aromatic heterocycles. The van der Waals surface area contributed by atoms with Crippen molar-refractivity contribution in [2.45, 2.75) is 6.92 Å². The van der Waals surface area contributed by atoms with Crippen molar-refractivity contribution in [2.24, 2.45) is 0 Å². The van der Waals surface area contributed by atoms with Crippen LogP contribution in [0.4, 0.5) is 0 Å². The summed E-state index contributed by atoms with van der Waals surface area (Å²) in [5.41, 5.74) is 0. The van der Waals surface area contributed by atoms with Crippen molar-refractivity contribution >= 4 is 21.5 Å². The van der Waals surface area contributed by atoms with Gasteiger partial charge >= 0.3 is 0 Å². The Kier molecular flexibility index (Phi) is 3.80. The maximum Gasteiger partial charge on any atom is 0.135 e. The highest BCUT2D eigenvalue weighted by atomic mass is 16.5. The Labute approximate surface area is 141 Å². The van der Waals surface area contributed by atoms with Crippen molar-refractivity contribution in [1.82, 2.24) is 0 Å². The second kappa shape index (κ2) is 6.25. The predicted molar refractivity (Wildman–Crippen MR) is 99.1 cm³/mol. The molecule has 4 aromatic rings. The van der Waals surface area contributed by atoms with E-state index >= 15 is 0 Å². The van der Waals surface area contributed by atoms with E-state index in [2.05, 4.69) is 42.5 Å². The zero-order valence-corrected chi connectivity index (χ0v) is 13.5. The summed E-state index contributed by atoms with van der Waals surface area (Å²) in [6.45, 7) is 2.64. The molecule has 2 heteroatoms. The molecule has 0 heterocycles. The fraction of sp³-hybridized carbons (Fsp3) is 0.0909. The summed E-state index contributed by atoms with van der Waals surface area (Å²) in [5.74, 6) is 2.52. The summed E-state index contributed by atoms with van der Waals surface area (Å²) in [7, 11) is 0. The van der Waals surface area contributed by atoms with Crippen LogP contribution in [0.25, 0.3) is 21.5 Å². The van der Waals surface area contributed by atoms with Crippen molar-refractivity contribution in [3.63, 3.8) is 0 Å². The van der Waals surface area contributed by atoms with Gasteiger partial charge in [-0.1, -0.05) is 36.4 Å². The molecule has 4 rings (SSSR count). The van der Waals surface area contributed by atoms with Gasteiger partial charge in [0.15, 0.2) is 0 Å². The Morgan fingerprint density at radius 1 is 0.667 bits per heavy atom. The third-order valence-electron chi connectivity index (χ3n) is 4.07. The topological polar surface area (TPSA) is 18.5 Å². The third kappa shape index (κ3) is 2.79. The minimum Gasteiger partial charge on any atom is -0.494 e. The van der Waals surface area contributed by atoms with Gasteiger partial charge in [-0.15, -0.1) is 0 Å². The second-order valence-corrected chi connectivity index (χ2v) is 5.68. The number of ether oxygens (including phenoxy) is 2. The predicted octanol–water partition coefficient (Wildman–Crippen LogP) is 6.18. The highest BCUT2D eigenvalue weighted by molar-refractivity contribution is 6.00. The van der Waals surface area contributed by atoms with Crippen LogP contribution < -0.4 is 9.47 Å². The zero-order chi connectivity index (χ0) is 16.4. The molecule has 0 fully saturated rings. The zero-order valence-electron chi connectivity index (χ0n) is 13.5. The summed E-state index contributed by atoms with van der Waals surface area (Å²) in [4.78, 5) is 0. The quantitative estimate of drug-likeness (QED) is 0.418. The molecule has 118 valence electrons. The van der Waals surface area contributed by atoms with Gasteiger partial charge in [-0.25, -0.2) is 0 Å². The molecule has 0 bridgehead atoms. The summed E-state index contributed by atoms with van der Waals surface area (Å²) >= 11 is 0. The first kappa shape index (κ1) is 14.6. The molecule has 0 aliphatic heterocycles. The van der Waals surface area contributed by atoms with Crippen molar-refractivity contribution < 1.29 is 9.47 Å². The van der Waals surface area contributed by atoms with Crippen LogP contribution in [0.3, 0.4) is 0 Å². The molecule has 0 aliphatic rings. The number of rotatable bonds is 4. The van der Waals surface area contributed by atoms with Gasteiger partial charge in [0.1, 0.15) is 17.2 Å². The number of fused-ring (bicyclic) bond motifs is 2. The van der Waals surface area contributed by atoms with E-state index in [-0.39, 0.29) is 0 Å². The third-order valence-corrected chi connectivity index (χ3v) is 4.07. The van der Waals surface area contributed by atoms with E-state index in [4.69, 9.17) is 9.47 Å². The Morgan fingerprint density at radius 2 is 1.33 bits per heavy atom. The molecule has 4 aromatic carbocycles. The lowest BCUT2D eigenvalue weighted by Gasteiger charge is -2.11. The summed E-state index contributed by atoms with van der Waals surface area (Å²) in [6, 6.07) is 26.7. The molecule has 24 heavy (non-hydrogen) atoms. The molecule has 0 unspecified atom stereocenters. The molecular formula is C22H18O2. The average Bonchev–Trinajstić information content (AvgIpc) is 2.62. The molecule has 0 saturated heterocycles. The summed E-state index contributed by atoms with van der Waals surface area (Å²) < 4.78 is 11.6. The molecule has 0 atom stereocenters. The van der Waals surface area contributed by atoms with Crippen LogP contribution in [0.15, 0.2) is 78.9 Å². The van der Waals surface area contributed by atoms with Crippen LogP contribution in [-0.2, 0) is 0 Å². The highest BCUT2D eigenvalue weighted by Crippen LogP contribution is 2.33. The largest absolute Gasteiger partial charge is 0.494 e. The SMILES string of the molecule is CCOc1ccc(Oc2cccc3cc4ccccc4cc23)cc1. The monoisotopic (exact) mass is 314 g/mol. The molecule has 0 spiro atoms. The molecule has 0 N–H and O–H groups in total. The lowest BCUT2D eigenvalue weighted by molar-refractivity contribution is 0.339. The van der Waals surface area contributed by atoms with E-state index in [0.717, 1.165) is 22.6 Å². The Hall–Kier alpha value is -3.00. The van der Waals surface area contributed by atoms with E-state index in [1.54, 1.807) is 0 Å². The molecule has 2 nitrogen and oxygen atoms in total. The van der Waals surface area contributed by atoms with Crippen molar-refractivity contribution in [2.75, 3.05) is 6.61 Å². The van der Waals surface area contributed by atoms with E-state index in [0.29, 0.717) is 6.61 Å². The first-order valence-electron chi connectivity index (χ1n) is 8.16. The molecule has 0 amide bonds. The summed E-state index contributed by atoms with van der Waals surface area (Å²) in [5, 5.41) is 4.75. The van der Waals surface area contributed by atoms with Crippen molar-refractivity contribution in [3.05, 3.63) is 78.9 Å². The fourth-order valence-electron chi connectivity index (χ4n) is 2.92. The average molecular weight is 314 g/mol. The van der Waals surface area contributed by atoms with E-state index in [9.17, 15) is 0 Å². The Balaban J connectivity index is 1.74. The van der Waals surface area contributed by atoms with Gasteiger partial charge in [0.25, 0.3) is 0 Å². The molecule has 0 aliphatic carbocycles. The smallest absolute Gasteiger partial charge is 0.135 e. The Morgan fingerprint density at radius 3 is 2.08 bits per heavy atom. The minimum absolute atomic E-state index is 0.663. The van der Waals surface area contributed by atoms with E-state index in [1.165, 1.54) is 16.2 Å². The van der Waals surface area contributed by atoms with Crippen molar-refractivity contribution in [3.8, 4) is 17.2 Å². The van der Waals surface area contributed by atoms with Gasteiger partial charge in [-0.2, -0.15) is 0 Å². The second-order valence-electron chi connectivity index (χ2n) is 5.68. The number of hydrogen-bond donors (Lipinski definition) is 0. The van der Waals surface area contributed by atoms with Crippen LogP contribution in [-0.4, -0.2) is 6.61 Å². The fourth-order valence-corrected chi connectivity index (χ4v) is 2.92. The van der Waals surface area contributed by atoms with Gasteiger partial charge in [-0.3, -0.25) is 0 Å². The van der Waals surface area contributed by atoms with Crippen LogP contribution in [0.1, 0.15) is 6.92 Å². The maximum atomic E-state index is 6.12. The Bertz CT molecular complexity index is 988. The van der Waals surface area contributed by atoms with Crippen LogP contribution in [0.2, 0.25) is 0 Å². The first-order valence-corrected chi connectivity index (χ1v) is 8.16. The van der Waals surface area contributed by atoms with Gasteiger partial charge in [0, 0.05) is 5.39 Å². The number of hydrogen-bond acceptors (Lipinski definition) is 2. The van der Waals surface area contributed by atoms with Gasteiger partial charge in [0.05, 0.1) is 6.61 Å². The first-order chi connectivity index (χ1) is 11.8. The normalized spacial score (nSPS) is 10.9. The highest BCUT2D eigenvalue weighted by Gasteiger charge is 2.05. The maximum absolute atomic E-state index is 6.12. The van der Waals surface area contributed by atoms with Gasteiger partial charge in [0.2, 0.25) is 0 Å². The molecule has 0 saturated carbocycles. The lowest BCUT2D eigenvalue weighted by Crippen LogP contribution is -1.91. The molecule has 0 radical (unpaired) electrons. The van der Waals surface area contributed by atoms with E-state index < -0.39 is 0 Å². The van der Waals surface area contributed by atoms with Crippen LogP contribution >= 0.6 is 0 Å². The minimum atomic E-state index is 0.663. The van der Waals surface area contributed by atoms with Gasteiger partial charge in [-0.05, 0) is 65.5 Å². The van der Waals surface area contributed by atoms with Crippen LogP contribution in [0, 0.1) is 0 Å².